The number of nitrogens with zero attached hydrogens (tertiary/aromatic N) is 1. The van der Waals surface area contributed by atoms with Crippen molar-refractivity contribution in [3.05, 3.63) is 29.6 Å². The molecular formula is C11H14FN. The van der Waals surface area contributed by atoms with Crippen molar-refractivity contribution in [2.45, 2.75) is 13.3 Å². The Kier molecular flexibility index (Phi) is 1.98. The molecular weight excluding hydrogens is 165 g/mol. The van der Waals surface area contributed by atoms with E-state index in [1.165, 1.54) is 11.8 Å². The molecule has 1 aliphatic heterocycles. The number of hydrogen-bond donors (Lipinski definition) is 0. The van der Waals surface area contributed by atoms with Gasteiger partial charge in [0.1, 0.15) is 5.82 Å². The molecule has 0 radical (unpaired) electrons. The molecule has 0 fully saturated rings. The van der Waals surface area contributed by atoms with Gasteiger partial charge in [0.25, 0.3) is 0 Å². The van der Waals surface area contributed by atoms with Crippen LogP contribution in [0.25, 0.3) is 0 Å². The SMILES string of the molecule is C[C@@H]1Cc2cc(F)ccc2N(C)C1. The second kappa shape index (κ2) is 3.02. The lowest BCUT2D eigenvalue weighted by Gasteiger charge is -2.31. The average molecular weight is 179 g/mol. The summed E-state index contributed by atoms with van der Waals surface area (Å²) in [5.74, 6) is 0.501. The Morgan fingerprint density at radius 3 is 3.00 bits per heavy atom. The lowest BCUT2D eigenvalue weighted by Crippen LogP contribution is -2.30. The fourth-order valence-corrected chi connectivity index (χ4v) is 2.10. The van der Waals surface area contributed by atoms with Crippen LogP contribution < -0.4 is 4.90 Å². The highest BCUT2D eigenvalue weighted by atomic mass is 19.1. The van der Waals surface area contributed by atoms with Crippen molar-refractivity contribution < 1.29 is 4.39 Å². The van der Waals surface area contributed by atoms with Gasteiger partial charge in [-0.05, 0) is 36.1 Å². The van der Waals surface area contributed by atoms with Crippen molar-refractivity contribution in [1.82, 2.24) is 0 Å². The molecule has 1 aromatic carbocycles. The van der Waals surface area contributed by atoms with Crippen molar-refractivity contribution in [3.63, 3.8) is 0 Å². The molecule has 13 heavy (non-hydrogen) atoms. The molecule has 0 aromatic heterocycles. The van der Waals surface area contributed by atoms with Crippen LogP contribution in [0.4, 0.5) is 10.1 Å². The molecule has 0 spiro atoms. The minimum absolute atomic E-state index is 0.124. The first kappa shape index (κ1) is 8.54. The van der Waals surface area contributed by atoms with Crippen LogP contribution >= 0.6 is 0 Å². The Bertz CT molecular complexity index is 322. The Morgan fingerprint density at radius 2 is 2.23 bits per heavy atom. The summed E-state index contributed by atoms with van der Waals surface area (Å²) in [5.41, 5.74) is 2.32. The van der Waals surface area contributed by atoms with Crippen LogP contribution in [0.15, 0.2) is 18.2 Å². The summed E-state index contributed by atoms with van der Waals surface area (Å²) in [4.78, 5) is 2.20. The molecule has 1 atom stereocenters. The average Bonchev–Trinajstić information content (AvgIpc) is 2.02. The predicted octanol–water partition coefficient (Wildman–Crippen LogP) is 2.45. The van der Waals surface area contributed by atoms with Gasteiger partial charge in [0, 0.05) is 19.3 Å². The zero-order valence-corrected chi connectivity index (χ0v) is 8.05. The highest BCUT2D eigenvalue weighted by Crippen LogP contribution is 2.28. The van der Waals surface area contributed by atoms with Crippen LogP contribution in [-0.2, 0) is 6.42 Å². The van der Waals surface area contributed by atoms with Gasteiger partial charge in [0.2, 0.25) is 0 Å². The first-order valence-electron chi connectivity index (χ1n) is 4.66. The number of rotatable bonds is 0. The fraction of sp³-hybridized carbons (Fsp3) is 0.455. The van der Waals surface area contributed by atoms with E-state index in [1.807, 2.05) is 6.07 Å². The Labute approximate surface area is 78.2 Å². The van der Waals surface area contributed by atoms with Gasteiger partial charge in [-0.15, -0.1) is 0 Å². The van der Waals surface area contributed by atoms with Gasteiger partial charge in [-0.25, -0.2) is 4.39 Å². The van der Waals surface area contributed by atoms with Crippen LogP contribution in [-0.4, -0.2) is 13.6 Å². The van der Waals surface area contributed by atoms with Crippen molar-refractivity contribution in [3.8, 4) is 0 Å². The summed E-state index contributed by atoms with van der Waals surface area (Å²) in [6, 6.07) is 5.06. The summed E-state index contributed by atoms with van der Waals surface area (Å²) in [6.07, 6.45) is 0.997. The van der Waals surface area contributed by atoms with Gasteiger partial charge in [-0.3, -0.25) is 0 Å². The summed E-state index contributed by atoms with van der Waals surface area (Å²) < 4.78 is 12.9. The first-order chi connectivity index (χ1) is 6.16. The number of anilines is 1. The highest BCUT2D eigenvalue weighted by molar-refractivity contribution is 5.55. The van der Waals surface area contributed by atoms with Crippen molar-refractivity contribution in [2.24, 2.45) is 5.92 Å². The lowest BCUT2D eigenvalue weighted by atomic mass is 9.94. The fourth-order valence-electron chi connectivity index (χ4n) is 2.10. The molecule has 0 saturated carbocycles. The highest BCUT2D eigenvalue weighted by Gasteiger charge is 2.18. The first-order valence-corrected chi connectivity index (χ1v) is 4.66. The van der Waals surface area contributed by atoms with E-state index in [0.29, 0.717) is 5.92 Å². The zero-order chi connectivity index (χ0) is 9.42. The molecule has 0 aliphatic carbocycles. The minimum atomic E-state index is -0.124. The van der Waals surface area contributed by atoms with E-state index in [4.69, 9.17) is 0 Å². The second-order valence-electron chi connectivity index (χ2n) is 3.96. The van der Waals surface area contributed by atoms with E-state index in [9.17, 15) is 4.39 Å². The molecule has 0 N–H and O–H groups in total. The van der Waals surface area contributed by atoms with E-state index < -0.39 is 0 Å². The molecule has 2 heteroatoms. The number of hydrogen-bond acceptors (Lipinski definition) is 1. The van der Waals surface area contributed by atoms with Gasteiger partial charge in [0.15, 0.2) is 0 Å². The molecule has 1 aromatic rings. The lowest BCUT2D eigenvalue weighted by molar-refractivity contribution is 0.545. The van der Waals surface area contributed by atoms with Gasteiger partial charge in [-0.2, -0.15) is 0 Å². The Morgan fingerprint density at radius 1 is 1.46 bits per heavy atom. The van der Waals surface area contributed by atoms with Gasteiger partial charge >= 0.3 is 0 Å². The van der Waals surface area contributed by atoms with Gasteiger partial charge < -0.3 is 4.90 Å². The van der Waals surface area contributed by atoms with E-state index in [1.54, 1.807) is 6.07 Å². The second-order valence-corrected chi connectivity index (χ2v) is 3.96. The maximum Gasteiger partial charge on any atom is 0.123 e. The van der Waals surface area contributed by atoms with Gasteiger partial charge in [-0.1, -0.05) is 6.92 Å². The largest absolute Gasteiger partial charge is 0.374 e. The molecule has 0 saturated heterocycles. The van der Waals surface area contributed by atoms with Crippen molar-refractivity contribution >= 4 is 5.69 Å². The molecule has 0 bridgehead atoms. The molecule has 2 rings (SSSR count). The minimum Gasteiger partial charge on any atom is -0.374 e. The zero-order valence-electron chi connectivity index (χ0n) is 8.05. The quantitative estimate of drug-likeness (QED) is 0.591. The van der Waals surface area contributed by atoms with Crippen LogP contribution in [0.1, 0.15) is 12.5 Å². The summed E-state index contributed by atoms with van der Waals surface area (Å²) >= 11 is 0. The number of fused-ring (bicyclic) bond motifs is 1. The van der Waals surface area contributed by atoms with Crippen molar-refractivity contribution in [2.75, 3.05) is 18.5 Å². The predicted molar refractivity (Wildman–Crippen MR) is 52.5 cm³/mol. The van der Waals surface area contributed by atoms with E-state index in [0.717, 1.165) is 18.5 Å². The van der Waals surface area contributed by atoms with Crippen LogP contribution in [0.3, 0.4) is 0 Å². The molecule has 0 amide bonds. The maximum absolute atomic E-state index is 12.9. The van der Waals surface area contributed by atoms with E-state index in [2.05, 4.69) is 18.9 Å². The Balaban J connectivity index is 2.43. The monoisotopic (exact) mass is 179 g/mol. The molecule has 1 heterocycles. The summed E-state index contributed by atoms with van der Waals surface area (Å²) in [5, 5.41) is 0. The number of halogens is 1. The number of benzene rings is 1. The summed E-state index contributed by atoms with van der Waals surface area (Å²) in [7, 11) is 2.06. The van der Waals surface area contributed by atoms with Gasteiger partial charge in [0.05, 0.1) is 0 Å². The molecule has 1 aliphatic rings. The van der Waals surface area contributed by atoms with Crippen LogP contribution in [0, 0.1) is 11.7 Å². The molecule has 1 nitrogen and oxygen atoms in total. The topological polar surface area (TPSA) is 3.24 Å². The smallest absolute Gasteiger partial charge is 0.123 e. The summed E-state index contributed by atoms with van der Waals surface area (Å²) in [6.45, 7) is 3.27. The third-order valence-electron chi connectivity index (χ3n) is 2.61. The van der Waals surface area contributed by atoms with Crippen LogP contribution in [0.2, 0.25) is 0 Å². The standard InChI is InChI=1S/C11H14FN/c1-8-5-9-6-10(12)3-4-11(9)13(2)7-8/h3-4,6,8H,5,7H2,1-2H3/t8-/m1/s1. The molecule has 0 unspecified atom stereocenters. The molecule has 70 valence electrons. The van der Waals surface area contributed by atoms with Crippen molar-refractivity contribution in [1.29, 1.82) is 0 Å². The van der Waals surface area contributed by atoms with E-state index in [-0.39, 0.29) is 5.82 Å². The maximum atomic E-state index is 12.9. The third-order valence-corrected chi connectivity index (χ3v) is 2.61. The Hall–Kier alpha value is -1.05. The normalized spacial score (nSPS) is 21.5. The van der Waals surface area contributed by atoms with E-state index >= 15 is 0 Å². The third kappa shape index (κ3) is 1.53. The van der Waals surface area contributed by atoms with Crippen LogP contribution in [0.5, 0.6) is 0 Å².